The van der Waals surface area contributed by atoms with E-state index in [4.69, 9.17) is 9.98 Å². The Morgan fingerprint density at radius 3 is 2.09 bits per heavy atom. The predicted molar refractivity (Wildman–Crippen MR) is 143 cm³/mol. The zero-order valence-electron chi connectivity index (χ0n) is 21.3. The topological polar surface area (TPSA) is 50.4 Å². The Morgan fingerprint density at radius 1 is 0.882 bits per heavy atom. The van der Waals surface area contributed by atoms with Gasteiger partial charge in [-0.05, 0) is 59.2 Å². The summed E-state index contributed by atoms with van der Waals surface area (Å²) in [5.41, 5.74) is 6.68. The fraction of sp³-hybridized carbons (Fsp3) is 0.333. The van der Waals surface area contributed by atoms with E-state index in [1.807, 2.05) is 43.5 Å². The van der Waals surface area contributed by atoms with Crippen molar-refractivity contribution in [2.24, 2.45) is 4.99 Å². The van der Waals surface area contributed by atoms with Crippen LogP contribution in [0.25, 0.3) is 11.0 Å². The molecule has 0 aliphatic heterocycles. The molecular formula is C30H35N3O. The number of rotatable bonds is 4. The number of aliphatic imine (C=N–C) groups is 1. The summed E-state index contributed by atoms with van der Waals surface area (Å²) >= 11 is 0. The molecule has 0 unspecified atom stereocenters. The summed E-state index contributed by atoms with van der Waals surface area (Å²) in [6, 6.07) is 20.7. The normalized spacial score (nSPS) is 12.7. The number of hydrogen-bond acceptors (Lipinski definition) is 3. The minimum absolute atomic E-state index is 0.171. The second kappa shape index (κ2) is 8.75. The van der Waals surface area contributed by atoms with E-state index in [2.05, 4.69) is 76.4 Å². The molecule has 0 amide bonds. The van der Waals surface area contributed by atoms with Gasteiger partial charge in [0.05, 0.1) is 16.7 Å². The fourth-order valence-corrected chi connectivity index (χ4v) is 4.31. The average molecular weight is 454 g/mol. The highest BCUT2D eigenvalue weighted by molar-refractivity contribution is 5.86. The van der Waals surface area contributed by atoms with E-state index >= 15 is 0 Å². The van der Waals surface area contributed by atoms with Crippen LogP contribution in [-0.4, -0.2) is 20.9 Å². The number of hydrogen-bond donors (Lipinski definition) is 1. The third kappa shape index (κ3) is 4.91. The van der Waals surface area contributed by atoms with Crippen molar-refractivity contribution in [3.05, 3.63) is 88.7 Å². The third-order valence-corrected chi connectivity index (χ3v) is 6.22. The summed E-state index contributed by atoms with van der Waals surface area (Å²) in [4.78, 5) is 9.55. The van der Waals surface area contributed by atoms with Crippen LogP contribution in [0, 0.1) is 6.92 Å². The minimum atomic E-state index is -0.171. The predicted octanol–water partition coefficient (Wildman–Crippen LogP) is 7.44. The molecule has 1 N–H and O–H groups in total. The fourth-order valence-electron chi connectivity index (χ4n) is 4.31. The lowest BCUT2D eigenvalue weighted by Gasteiger charge is -2.27. The number of phenols is 1. The maximum absolute atomic E-state index is 11.0. The van der Waals surface area contributed by atoms with Crippen molar-refractivity contribution in [3.8, 4) is 5.75 Å². The van der Waals surface area contributed by atoms with Crippen LogP contribution >= 0.6 is 0 Å². The van der Waals surface area contributed by atoms with Gasteiger partial charge in [-0.3, -0.25) is 4.99 Å². The quantitative estimate of drug-likeness (QED) is 0.326. The van der Waals surface area contributed by atoms with Crippen molar-refractivity contribution < 1.29 is 5.11 Å². The molecule has 34 heavy (non-hydrogen) atoms. The first-order chi connectivity index (χ1) is 15.9. The SMILES string of the molecule is Cc1nc2cc(N=Cc3cc(C(C)(C)C)c(O)c(C(C)(C)C)c3)ccc2n1Cc1ccccc1. The van der Waals surface area contributed by atoms with Gasteiger partial charge in [0, 0.05) is 23.9 Å². The maximum Gasteiger partial charge on any atom is 0.123 e. The van der Waals surface area contributed by atoms with Crippen LogP contribution in [0.2, 0.25) is 0 Å². The van der Waals surface area contributed by atoms with Gasteiger partial charge < -0.3 is 9.67 Å². The molecule has 1 heterocycles. The van der Waals surface area contributed by atoms with Gasteiger partial charge in [-0.1, -0.05) is 71.9 Å². The lowest BCUT2D eigenvalue weighted by Crippen LogP contribution is -2.17. The van der Waals surface area contributed by atoms with Crippen LogP contribution in [0.5, 0.6) is 5.75 Å². The van der Waals surface area contributed by atoms with Gasteiger partial charge in [0.2, 0.25) is 0 Å². The van der Waals surface area contributed by atoms with E-state index in [0.29, 0.717) is 5.75 Å². The molecular weight excluding hydrogens is 418 g/mol. The Hall–Kier alpha value is -3.40. The molecule has 4 rings (SSSR count). The van der Waals surface area contributed by atoms with Crippen molar-refractivity contribution in [3.63, 3.8) is 0 Å². The highest BCUT2D eigenvalue weighted by Gasteiger charge is 2.26. The average Bonchev–Trinajstić information content (AvgIpc) is 3.06. The number of fused-ring (bicyclic) bond motifs is 1. The molecule has 4 nitrogen and oxygen atoms in total. The van der Waals surface area contributed by atoms with Crippen LogP contribution in [0.1, 0.15) is 69.6 Å². The van der Waals surface area contributed by atoms with Crippen molar-refractivity contribution >= 4 is 22.9 Å². The van der Waals surface area contributed by atoms with Gasteiger partial charge in [-0.2, -0.15) is 0 Å². The van der Waals surface area contributed by atoms with Gasteiger partial charge >= 0.3 is 0 Å². The summed E-state index contributed by atoms with van der Waals surface area (Å²) in [5.74, 6) is 1.38. The molecule has 0 fully saturated rings. The molecule has 0 radical (unpaired) electrons. The lowest BCUT2D eigenvalue weighted by molar-refractivity contribution is 0.423. The molecule has 0 saturated carbocycles. The molecule has 4 aromatic rings. The number of nitrogens with zero attached hydrogens (tertiary/aromatic N) is 3. The summed E-state index contributed by atoms with van der Waals surface area (Å²) < 4.78 is 2.24. The Labute approximate surface area is 203 Å². The summed E-state index contributed by atoms with van der Waals surface area (Å²) in [7, 11) is 0. The van der Waals surface area contributed by atoms with Crippen molar-refractivity contribution in [2.45, 2.75) is 65.8 Å². The van der Waals surface area contributed by atoms with Crippen LogP contribution < -0.4 is 0 Å². The number of aryl methyl sites for hydroxylation is 1. The second-order valence-corrected chi connectivity index (χ2v) is 11.1. The number of imidazole rings is 1. The van der Waals surface area contributed by atoms with Crippen LogP contribution in [0.4, 0.5) is 5.69 Å². The first-order valence-corrected chi connectivity index (χ1v) is 11.9. The Balaban J connectivity index is 1.69. The van der Waals surface area contributed by atoms with E-state index < -0.39 is 0 Å². The number of aromatic nitrogens is 2. The van der Waals surface area contributed by atoms with Gasteiger partial charge in [0.15, 0.2) is 0 Å². The van der Waals surface area contributed by atoms with E-state index in [9.17, 15) is 5.11 Å². The summed E-state index contributed by atoms with van der Waals surface area (Å²) in [6.07, 6.45) is 1.89. The van der Waals surface area contributed by atoms with Crippen molar-refractivity contribution in [2.75, 3.05) is 0 Å². The first kappa shape index (κ1) is 23.7. The molecule has 0 spiro atoms. The zero-order valence-corrected chi connectivity index (χ0v) is 21.3. The minimum Gasteiger partial charge on any atom is -0.507 e. The van der Waals surface area contributed by atoms with E-state index in [0.717, 1.165) is 45.8 Å². The van der Waals surface area contributed by atoms with Crippen LogP contribution in [-0.2, 0) is 17.4 Å². The monoisotopic (exact) mass is 453 g/mol. The number of phenolic OH excluding ortho intramolecular Hbond substituents is 1. The summed E-state index contributed by atoms with van der Waals surface area (Å²) in [6.45, 7) is 15.6. The number of benzene rings is 3. The lowest BCUT2D eigenvalue weighted by atomic mass is 9.78. The highest BCUT2D eigenvalue weighted by atomic mass is 16.3. The molecule has 4 heteroatoms. The molecule has 176 valence electrons. The molecule has 0 aliphatic rings. The van der Waals surface area contributed by atoms with Crippen molar-refractivity contribution in [1.29, 1.82) is 0 Å². The Bertz CT molecular complexity index is 1310. The van der Waals surface area contributed by atoms with Crippen molar-refractivity contribution in [1.82, 2.24) is 9.55 Å². The van der Waals surface area contributed by atoms with Gasteiger partial charge in [0.25, 0.3) is 0 Å². The standard InChI is InChI=1S/C30H35N3O/c1-20-32-26-17-23(13-14-27(26)33(20)19-21-11-9-8-10-12-21)31-18-22-15-24(29(2,3)4)28(34)25(16-22)30(5,6)7/h8-18,34H,19H2,1-7H3. The molecule has 0 saturated heterocycles. The molecule has 1 aromatic heterocycles. The highest BCUT2D eigenvalue weighted by Crippen LogP contribution is 2.39. The van der Waals surface area contributed by atoms with Crippen LogP contribution in [0.3, 0.4) is 0 Å². The maximum atomic E-state index is 11.0. The van der Waals surface area contributed by atoms with Crippen LogP contribution in [0.15, 0.2) is 65.7 Å². The second-order valence-electron chi connectivity index (χ2n) is 11.1. The largest absolute Gasteiger partial charge is 0.507 e. The molecule has 3 aromatic carbocycles. The van der Waals surface area contributed by atoms with E-state index in [1.54, 1.807) is 0 Å². The zero-order chi connectivity index (χ0) is 24.7. The molecule has 0 bridgehead atoms. The smallest absolute Gasteiger partial charge is 0.123 e. The number of aromatic hydroxyl groups is 1. The molecule has 0 aliphatic carbocycles. The van der Waals surface area contributed by atoms with Gasteiger partial charge in [0.1, 0.15) is 11.6 Å². The van der Waals surface area contributed by atoms with E-state index in [1.165, 1.54) is 5.56 Å². The summed E-state index contributed by atoms with van der Waals surface area (Å²) in [5, 5.41) is 11.0. The Kier molecular flexibility index (Phi) is 6.11. The van der Waals surface area contributed by atoms with Gasteiger partial charge in [-0.25, -0.2) is 4.98 Å². The third-order valence-electron chi connectivity index (χ3n) is 6.22. The van der Waals surface area contributed by atoms with E-state index in [-0.39, 0.29) is 10.8 Å². The Morgan fingerprint density at radius 2 is 1.50 bits per heavy atom. The van der Waals surface area contributed by atoms with Gasteiger partial charge in [-0.15, -0.1) is 0 Å². The first-order valence-electron chi connectivity index (χ1n) is 11.9. The molecule has 0 atom stereocenters.